The second kappa shape index (κ2) is 7.82. The SMILES string of the molecule is C1CCC(OCCN[C@H]2CCSSC2)OC1. The van der Waals surface area contributed by atoms with E-state index in [0.29, 0.717) is 6.04 Å². The molecule has 0 amide bonds. The van der Waals surface area contributed by atoms with Crippen LogP contribution in [0.3, 0.4) is 0 Å². The molecule has 2 heterocycles. The minimum atomic E-state index is 0.0619. The molecule has 0 radical (unpaired) electrons. The molecule has 16 heavy (non-hydrogen) atoms. The summed E-state index contributed by atoms with van der Waals surface area (Å²) in [4.78, 5) is 0. The maximum absolute atomic E-state index is 5.68. The summed E-state index contributed by atoms with van der Waals surface area (Å²) in [7, 11) is 3.96. The quantitative estimate of drug-likeness (QED) is 0.607. The fourth-order valence-corrected chi connectivity index (χ4v) is 4.39. The van der Waals surface area contributed by atoms with Gasteiger partial charge < -0.3 is 14.8 Å². The Hall–Kier alpha value is 0.580. The number of hydrogen-bond acceptors (Lipinski definition) is 5. The monoisotopic (exact) mass is 263 g/mol. The van der Waals surface area contributed by atoms with Crippen LogP contribution in [0.15, 0.2) is 0 Å². The Bertz CT molecular complexity index is 163. The number of hydrogen-bond donors (Lipinski definition) is 1. The van der Waals surface area contributed by atoms with E-state index >= 15 is 0 Å². The van der Waals surface area contributed by atoms with Gasteiger partial charge in [-0.1, -0.05) is 21.6 Å². The molecule has 2 atom stereocenters. The summed E-state index contributed by atoms with van der Waals surface area (Å²) in [5.74, 6) is 2.50. The van der Waals surface area contributed by atoms with Gasteiger partial charge in [0, 0.05) is 30.7 Å². The molecule has 0 aromatic rings. The first-order valence-electron chi connectivity index (χ1n) is 6.16. The molecule has 2 aliphatic heterocycles. The zero-order valence-corrected chi connectivity index (χ0v) is 11.3. The molecular formula is C11H21NO2S2. The van der Waals surface area contributed by atoms with Crippen LogP contribution in [-0.2, 0) is 9.47 Å². The summed E-state index contributed by atoms with van der Waals surface area (Å²) in [6.45, 7) is 2.60. The Morgan fingerprint density at radius 1 is 1.25 bits per heavy atom. The van der Waals surface area contributed by atoms with Gasteiger partial charge in [-0.15, -0.1) is 0 Å². The van der Waals surface area contributed by atoms with Crippen molar-refractivity contribution in [2.75, 3.05) is 31.3 Å². The first kappa shape index (κ1) is 13.0. The summed E-state index contributed by atoms with van der Waals surface area (Å²) < 4.78 is 11.2. The van der Waals surface area contributed by atoms with Crippen molar-refractivity contribution in [1.29, 1.82) is 0 Å². The van der Waals surface area contributed by atoms with Gasteiger partial charge in [-0.05, 0) is 25.7 Å². The predicted octanol–water partition coefficient (Wildman–Crippen LogP) is 2.27. The standard InChI is InChI=1S/C11H21NO2S2/c1-2-6-13-11(3-1)14-7-5-12-10-4-8-15-16-9-10/h10-12H,1-9H2/t10-,11?/m0/s1. The zero-order valence-electron chi connectivity index (χ0n) is 9.65. The molecule has 2 aliphatic rings. The van der Waals surface area contributed by atoms with E-state index in [0.717, 1.165) is 26.2 Å². The van der Waals surface area contributed by atoms with Gasteiger partial charge in [-0.3, -0.25) is 0 Å². The summed E-state index contributed by atoms with van der Waals surface area (Å²) >= 11 is 0. The van der Waals surface area contributed by atoms with Crippen LogP contribution in [-0.4, -0.2) is 43.6 Å². The molecule has 0 saturated carbocycles. The van der Waals surface area contributed by atoms with E-state index in [1.807, 2.05) is 21.6 Å². The van der Waals surface area contributed by atoms with E-state index in [1.54, 1.807) is 0 Å². The Kier molecular flexibility index (Phi) is 6.36. The molecule has 1 N–H and O–H groups in total. The number of rotatable bonds is 5. The molecule has 0 bridgehead atoms. The average molecular weight is 263 g/mol. The summed E-state index contributed by atoms with van der Waals surface area (Å²) in [5, 5.41) is 3.55. The molecule has 0 aliphatic carbocycles. The van der Waals surface area contributed by atoms with E-state index in [-0.39, 0.29) is 6.29 Å². The van der Waals surface area contributed by atoms with Crippen LogP contribution in [0.1, 0.15) is 25.7 Å². The van der Waals surface area contributed by atoms with Gasteiger partial charge in [0.05, 0.1) is 6.61 Å². The lowest BCUT2D eigenvalue weighted by molar-refractivity contribution is -0.161. The summed E-state index contributed by atoms with van der Waals surface area (Å²) in [5.41, 5.74) is 0. The third kappa shape index (κ3) is 4.84. The molecule has 0 aromatic carbocycles. The van der Waals surface area contributed by atoms with Crippen molar-refractivity contribution in [2.45, 2.75) is 38.0 Å². The van der Waals surface area contributed by atoms with Crippen molar-refractivity contribution < 1.29 is 9.47 Å². The van der Waals surface area contributed by atoms with Crippen molar-refractivity contribution in [3.8, 4) is 0 Å². The topological polar surface area (TPSA) is 30.5 Å². The molecule has 1 unspecified atom stereocenters. The van der Waals surface area contributed by atoms with Gasteiger partial charge in [0.25, 0.3) is 0 Å². The summed E-state index contributed by atoms with van der Waals surface area (Å²) in [6, 6.07) is 0.683. The van der Waals surface area contributed by atoms with Crippen molar-refractivity contribution in [3.05, 3.63) is 0 Å². The first-order chi connectivity index (χ1) is 7.95. The molecule has 3 nitrogen and oxygen atoms in total. The summed E-state index contributed by atoms with van der Waals surface area (Å²) in [6.07, 6.45) is 4.85. The second-order valence-electron chi connectivity index (χ2n) is 4.21. The smallest absolute Gasteiger partial charge is 0.157 e. The Labute approximate surface area is 106 Å². The molecule has 2 rings (SSSR count). The van der Waals surface area contributed by atoms with Crippen molar-refractivity contribution in [2.24, 2.45) is 0 Å². The lowest BCUT2D eigenvalue weighted by Crippen LogP contribution is -2.36. The largest absolute Gasteiger partial charge is 0.353 e. The van der Waals surface area contributed by atoms with E-state index in [2.05, 4.69) is 5.32 Å². The molecule has 2 fully saturated rings. The fraction of sp³-hybridized carbons (Fsp3) is 1.00. The highest BCUT2D eigenvalue weighted by Gasteiger charge is 2.15. The Balaban J connectivity index is 1.47. The second-order valence-corrected chi connectivity index (χ2v) is 6.84. The van der Waals surface area contributed by atoms with Crippen LogP contribution in [0.4, 0.5) is 0 Å². The van der Waals surface area contributed by atoms with Crippen LogP contribution in [0.2, 0.25) is 0 Å². The Morgan fingerprint density at radius 3 is 3.00 bits per heavy atom. The minimum absolute atomic E-state index is 0.0619. The van der Waals surface area contributed by atoms with Crippen molar-refractivity contribution in [3.63, 3.8) is 0 Å². The van der Waals surface area contributed by atoms with Crippen molar-refractivity contribution >= 4 is 21.6 Å². The van der Waals surface area contributed by atoms with E-state index in [9.17, 15) is 0 Å². The highest BCUT2D eigenvalue weighted by atomic mass is 33.1. The van der Waals surface area contributed by atoms with Gasteiger partial charge >= 0.3 is 0 Å². The van der Waals surface area contributed by atoms with Crippen LogP contribution in [0.25, 0.3) is 0 Å². The van der Waals surface area contributed by atoms with E-state index < -0.39 is 0 Å². The van der Waals surface area contributed by atoms with E-state index in [1.165, 1.54) is 30.8 Å². The van der Waals surface area contributed by atoms with Crippen LogP contribution >= 0.6 is 21.6 Å². The van der Waals surface area contributed by atoms with Gasteiger partial charge in [0.1, 0.15) is 0 Å². The molecule has 0 aromatic heterocycles. The average Bonchev–Trinajstić information content (AvgIpc) is 2.37. The predicted molar refractivity (Wildman–Crippen MR) is 70.9 cm³/mol. The Morgan fingerprint density at radius 2 is 2.25 bits per heavy atom. The van der Waals surface area contributed by atoms with Gasteiger partial charge in [-0.25, -0.2) is 0 Å². The first-order valence-corrected chi connectivity index (χ1v) is 8.65. The maximum atomic E-state index is 5.68. The van der Waals surface area contributed by atoms with Crippen molar-refractivity contribution in [1.82, 2.24) is 5.32 Å². The zero-order chi connectivity index (χ0) is 11.1. The lowest BCUT2D eigenvalue weighted by Gasteiger charge is -2.24. The highest BCUT2D eigenvalue weighted by molar-refractivity contribution is 8.76. The van der Waals surface area contributed by atoms with Crippen LogP contribution in [0.5, 0.6) is 0 Å². The van der Waals surface area contributed by atoms with Crippen LogP contribution in [0, 0.1) is 0 Å². The molecular weight excluding hydrogens is 242 g/mol. The van der Waals surface area contributed by atoms with Gasteiger partial charge in [0.15, 0.2) is 6.29 Å². The normalized spacial score (nSPS) is 31.5. The number of ether oxygens (including phenoxy) is 2. The third-order valence-corrected chi connectivity index (χ3v) is 5.39. The number of nitrogens with one attached hydrogen (secondary N) is 1. The van der Waals surface area contributed by atoms with E-state index in [4.69, 9.17) is 9.47 Å². The third-order valence-electron chi connectivity index (χ3n) is 2.88. The minimum Gasteiger partial charge on any atom is -0.353 e. The maximum Gasteiger partial charge on any atom is 0.157 e. The molecule has 94 valence electrons. The molecule has 2 saturated heterocycles. The lowest BCUT2D eigenvalue weighted by atomic mass is 10.2. The van der Waals surface area contributed by atoms with Gasteiger partial charge in [0.2, 0.25) is 0 Å². The molecule has 0 spiro atoms. The van der Waals surface area contributed by atoms with Crippen LogP contribution < -0.4 is 5.32 Å². The molecule has 5 heteroatoms. The highest BCUT2D eigenvalue weighted by Crippen LogP contribution is 2.28. The fourth-order valence-electron chi connectivity index (χ4n) is 1.92. The van der Waals surface area contributed by atoms with Gasteiger partial charge in [-0.2, -0.15) is 0 Å².